The molecule has 2 aromatic rings. The number of benzene rings is 2. The Morgan fingerprint density at radius 1 is 1.04 bits per heavy atom. The van der Waals surface area contributed by atoms with Crippen LogP contribution in [0.1, 0.15) is 6.92 Å². The predicted octanol–water partition coefficient (Wildman–Crippen LogP) is 2.60. The summed E-state index contributed by atoms with van der Waals surface area (Å²) in [5, 5.41) is 0. The Hall–Kier alpha value is -1.78. The van der Waals surface area contributed by atoms with Crippen LogP contribution in [0.15, 0.2) is 58.3 Å². The van der Waals surface area contributed by atoms with Gasteiger partial charge in [0, 0.05) is 29.4 Å². The van der Waals surface area contributed by atoms with Crippen molar-refractivity contribution in [3.63, 3.8) is 0 Å². The van der Waals surface area contributed by atoms with E-state index < -0.39 is 9.84 Å². The maximum atomic E-state index is 12.4. The molecule has 9 heteroatoms. The molecule has 0 aliphatic rings. The number of anilines is 2. The van der Waals surface area contributed by atoms with Crippen molar-refractivity contribution in [3.8, 4) is 0 Å². The van der Waals surface area contributed by atoms with Crippen LogP contribution >= 0.6 is 12.0 Å². The molecule has 0 fully saturated rings. The third-order valence-corrected chi connectivity index (χ3v) is 6.17. The van der Waals surface area contributed by atoms with E-state index in [-0.39, 0.29) is 10.6 Å². The molecule has 0 amide bonds. The summed E-state index contributed by atoms with van der Waals surface area (Å²) in [6, 6.07) is 13.6. The Morgan fingerprint density at radius 3 is 2.41 bits per heavy atom. The van der Waals surface area contributed by atoms with E-state index >= 15 is 0 Å². The van der Waals surface area contributed by atoms with Gasteiger partial charge >= 0.3 is 0 Å². The van der Waals surface area contributed by atoms with Crippen molar-refractivity contribution in [1.82, 2.24) is 4.90 Å². The van der Waals surface area contributed by atoms with E-state index in [1.807, 2.05) is 24.0 Å². The number of nitrogens with two attached hydrogens (primary N) is 2. The second-order valence-electron chi connectivity index (χ2n) is 5.87. The first-order valence-corrected chi connectivity index (χ1v) is 10.9. The van der Waals surface area contributed by atoms with Gasteiger partial charge in [0.15, 0.2) is 9.84 Å². The van der Waals surface area contributed by atoms with Gasteiger partial charge in [-0.3, -0.25) is 0 Å². The topological polar surface area (TPSA) is 108 Å². The van der Waals surface area contributed by atoms with E-state index in [9.17, 15) is 8.42 Å². The van der Waals surface area contributed by atoms with E-state index in [1.54, 1.807) is 30.3 Å². The van der Waals surface area contributed by atoms with Gasteiger partial charge in [0.1, 0.15) is 0 Å². The fraction of sp³-hybridized carbons (Fsp3) is 0.333. The molecule has 2 rings (SSSR count). The second-order valence-corrected chi connectivity index (χ2v) is 8.75. The van der Waals surface area contributed by atoms with Gasteiger partial charge in [0.2, 0.25) is 0 Å². The lowest BCUT2D eigenvalue weighted by atomic mass is 10.3. The Kier molecular flexibility index (Phi) is 8.39. The van der Waals surface area contributed by atoms with Crippen LogP contribution in [0.2, 0.25) is 0 Å². The second kappa shape index (κ2) is 10.5. The van der Waals surface area contributed by atoms with Crippen LogP contribution in [-0.4, -0.2) is 45.3 Å². The van der Waals surface area contributed by atoms with Gasteiger partial charge in [-0.05, 0) is 42.9 Å². The van der Waals surface area contributed by atoms with Gasteiger partial charge in [0.05, 0.1) is 29.3 Å². The molecule has 0 saturated carbocycles. The number of nitrogen functional groups attached to an aromatic ring is 2. The van der Waals surface area contributed by atoms with E-state index in [0.29, 0.717) is 37.6 Å². The molecule has 0 atom stereocenters. The summed E-state index contributed by atoms with van der Waals surface area (Å²) in [6.07, 6.45) is 0. The third kappa shape index (κ3) is 7.39. The molecule has 0 aliphatic carbocycles. The average Bonchev–Trinajstić information content (AvgIpc) is 2.64. The highest BCUT2D eigenvalue weighted by atomic mass is 32.2. The molecule has 0 aromatic heterocycles. The monoisotopic (exact) mass is 411 g/mol. The van der Waals surface area contributed by atoms with E-state index in [0.717, 1.165) is 16.9 Å². The molecule has 4 N–H and O–H groups in total. The van der Waals surface area contributed by atoms with Crippen molar-refractivity contribution in [1.29, 1.82) is 0 Å². The Bertz CT molecular complexity index is 831. The smallest absolute Gasteiger partial charge is 0.179 e. The SMILES string of the molecule is CCN(CCOOSc1cccc(N)c1)CCS(=O)(=O)c1cccc(N)c1. The summed E-state index contributed by atoms with van der Waals surface area (Å²) in [4.78, 5) is 8.23. The fourth-order valence-electron chi connectivity index (χ4n) is 2.33. The third-order valence-electron chi connectivity index (χ3n) is 3.87. The molecule has 2 aromatic carbocycles. The van der Waals surface area contributed by atoms with Gasteiger partial charge in [-0.15, -0.1) is 0 Å². The Morgan fingerprint density at radius 2 is 1.74 bits per heavy atom. The van der Waals surface area contributed by atoms with Crippen molar-refractivity contribution in [3.05, 3.63) is 48.5 Å². The molecule has 0 saturated heterocycles. The van der Waals surface area contributed by atoms with Crippen molar-refractivity contribution >= 4 is 33.3 Å². The minimum Gasteiger partial charge on any atom is -0.399 e. The molecule has 0 bridgehead atoms. The number of nitrogens with zero attached hydrogens (tertiary/aromatic N) is 1. The molecular weight excluding hydrogens is 386 g/mol. The quantitative estimate of drug-likeness (QED) is 0.191. The van der Waals surface area contributed by atoms with Crippen molar-refractivity contribution in [2.45, 2.75) is 16.7 Å². The first-order valence-electron chi connectivity index (χ1n) is 8.53. The molecule has 0 aliphatic heterocycles. The molecule has 27 heavy (non-hydrogen) atoms. The van der Waals surface area contributed by atoms with E-state index in [4.69, 9.17) is 20.7 Å². The van der Waals surface area contributed by atoms with E-state index in [2.05, 4.69) is 0 Å². The van der Waals surface area contributed by atoms with Crippen molar-refractivity contribution in [2.75, 3.05) is 43.5 Å². The largest absolute Gasteiger partial charge is 0.399 e. The molecule has 0 unspecified atom stereocenters. The standard InChI is InChI=1S/C18H25N3O4S2/c1-2-21(9-11-24-25-26-17-7-3-5-15(19)13-17)10-12-27(22,23)18-8-4-6-16(20)14-18/h3-8,13-14H,2,9-12,19-20H2,1H3. The van der Waals surface area contributed by atoms with Crippen LogP contribution < -0.4 is 11.5 Å². The van der Waals surface area contributed by atoms with Crippen LogP contribution in [0.4, 0.5) is 11.4 Å². The Balaban J connectivity index is 1.72. The highest BCUT2D eigenvalue weighted by Crippen LogP contribution is 2.21. The zero-order chi connectivity index (χ0) is 19.7. The molecule has 0 radical (unpaired) electrons. The zero-order valence-electron chi connectivity index (χ0n) is 15.2. The molecule has 0 spiro atoms. The fourth-order valence-corrected chi connectivity index (χ4v) is 4.18. The van der Waals surface area contributed by atoms with Crippen molar-refractivity contribution in [2.24, 2.45) is 0 Å². The van der Waals surface area contributed by atoms with Crippen LogP contribution in [-0.2, 0) is 19.1 Å². The minimum absolute atomic E-state index is 0.0171. The normalized spacial score (nSPS) is 11.8. The van der Waals surface area contributed by atoms with Gasteiger partial charge in [0.25, 0.3) is 0 Å². The summed E-state index contributed by atoms with van der Waals surface area (Å²) in [7, 11) is -3.37. The molecule has 7 nitrogen and oxygen atoms in total. The lowest BCUT2D eigenvalue weighted by Gasteiger charge is -2.19. The highest BCUT2D eigenvalue weighted by molar-refractivity contribution is 7.94. The summed E-state index contributed by atoms with van der Waals surface area (Å²) in [5.74, 6) is 0.0171. The molecule has 0 heterocycles. The summed E-state index contributed by atoms with van der Waals surface area (Å²) in [6.45, 7) is 3.95. The minimum atomic E-state index is -3.37. The van der Waals surface area contributed by atoms with Crippen LogP contribution in [0, 0.1) is 0 Å². The maximum absolute atomic E-state index is 12.4. The van der Waals surface area contributed by atoms with Crippen LogP contribution in [0.25, 0.3) is 0 Å². The first-order chi connectivity index (χ1) is 12.9. The van der Waals surface area contributed by atoms with Crippen molar-refractivity contribution < 1.29 is 17.6 Å². The number of hydrogen-bond donors (Lipinski definition) is 2. The molecule has 148 valence electrons. The predicted molar refractivity (Wildman–Crippen MR) is 109 cm³/mol. The lowest BCUT2D eigenvalue weighted by Crippen LogP contribution is -2.32. The van der Waals surface area contributed by atoms with Crippen LogP contribution in [0.3, 0.4) is 0 Å². The van der Waals surface area contributed by atoms with Gasteiger partial charge in [-0.25, -0.2) is 13.3 Å². The summed E-state index contributed by atoms with van der Waals surface area (Å²) < 4.78 is 29.9. The highest BCUT2D eigenvalue weighted by Gasteiger charge is 2.16. The van der Waals surface area contributed by atoms with Crippen LogP contribution in [0.5, 0.6) is 0 Å². The van der Waals surface area contributed by atoms with Gasteiger partial charge in [-0.1, -0.05) is 19.1 Å². The summed E-state index contributed by atoms with van der Waals surface area (Å²) in [5.41, 5.74) is 12.5. The maximum Gasteiger partial charge on any atom is 0.179 e. The van der Waals surface area contributed by atoms with E-state index in [1.165, 1.54) is 6.07 Å². The number of hydrogen-bond acceptors (Lipinski definition) is 8. The van der Waals surface area contributed by atoms with Gasteiger partial charge < -0.3 is 16.4 Å². The lowest BCUT2D eigenvalue weighted by molar-refractivity contribution is -0.193. The first kappa shape index (κ1) is 21.5. The summed E-state index contributed by atoms with van der Waals surface area (Å²) >= 11 is 1.08. The zero-order valence-corrected chi connectivity index (χ0v) is 16.8. The molecular formula is C18H25N3O4S2. The Labute approximate surface area is 164 Å². The van der Waals surface area contributed by atoms with Gasteiger partial charge in [-0.2, -0.15) is 4.33 Å². The average molecular weight is 412 g/mol. The number of sulfone groups is 1. The number of likely N-dealkylation sites (N-methyl/N-ethyl adjacent to an activating group) is 1. The number of rotatable bonds is 11.